The second-order valence-corrected chi connectivity index (χ2v) is 9.02. The molecular formula is C21H26O2S. The summed E-state index contributed by atoms with van der Waals surface area (Å²) in [4.78, 5) is 0.443. The van der Waals surface area contributed by atoms with Crippen LogP contribution in [-0.4, -0.2) is 8.42 Å². The quantitative estimate of drug-likeness (QED) is 0.648. The highest BCUT2D eigenvalue weighted by atomic mass is 32.2. The van der Waals surface area contributed by atoms with E-state index in [0.717, 1.165) is 24.8 Å². The Kier molecular flexibility index (Phi) is 4.82. The molecule has 1 unspecified atom stereocenters. The Labute approximate surface area is 145 Å². The molecule has 0 spiro atoms. The number of unbranched alkanes of at least 4 members (excludes halogenated alkanes) is 2. The van der Waals surface area contributed by atoms with E-state index in [4.69, 9.17) is 0 Å². The van der Waals surface area contributed by atoms with Gasteiger partial charge in [0.15, 0.2) is 9.84 Å². The van der Waals surface area contributed by atoms with Gasteiger partial charge in [-0.2, -0.15) is 0 Å². The van der Waals surface area contributed by atoms with Gasteiger partial charge in [0, 0.05) is 0 Å². The van der Waals surface area contributed by atoms with E-state index in [0.29, 0.717) is 4.90 Å². The summed E-state index contributed by atoms with van der Waals surface area (Å²) in [5, 5.41) is 0. The van der Waals surface area contributed by atoms with Gasteiger partial charge in [-0.25, -0.2) is 8.42 Å². The van der Waals surface area contributed by atoms with Crippen molar-refractivity contribution >= 4 is 9.84 Å². The predicted octanol–water partition coefficient (Wildman–Crippen LogP) is 5.20. The molecule has 3 heteroatoms. The summed E-state index contributed by atoms with van der Waals surface area (Å²) in [5.74, 6) is 0.360. The molecule has 24 heavy (non-hydrogen) atoms. The number of sulfone groups is 1. The van der Waals surface area contributed by atoms with Crippen molar-refractivity contribution < 1.29 is 8.42 Å². The first kappa shape index (κ1) is 17.2. The lowest BCUT2D eigenvalue weighted by atomic mass is 10.1. The van der Waals surface area contributed by atoms with E-state index in [-0.39, 0.29) is 11.8 Å². The van der Waals surface area contributed by atoms with E-state index in [1.54, 1.807) is 12.1 Å². The van der Waals surface area contributed by atoms with Crippen LogP contribution < -0.4 is 0 Å². The highest BCUT2D eigenvalue weighted by Crippen LogP contribution is 2.66. The summed E-state index contributed by atoms with van der Waals surface area (Å²) in [5.41, 5.74) is 0.947. The van der Waals surface area contributed by atoms with Gasteiger partial charge in [-0.15, -0.1) is 0 Å². The van der Waals surface area contributed by atoms with Crippen LogP contribution in [0.25, 0.3) is 0 Å². The lowest BCUT2D eigenvalue weighted by molar-refractivity contribution is 0.553. The number of rotatable bonds is 7. The molecule has 3 rings (SSSR count). The van der Waals surface area contributed by atoms with Crippen LogP contribution in [0.3, 0.4) is 0 Å². The van der Waals surface area contributed by atoms with E-state index in [2.05, 4.69) is 13.8 Å². The maximum Gasteiger partial charge on any atom is 0.188 e. The summed E-state index contributed by atoms with van der Waals surface area (Å²) < 4.78 is 26.4. The summed E-state index contributed by atoms with van der Waals surface area (Å²) >= 11 is 0. The first-order chi connectivity index (χ1) is 11.6. The molecule has 2 aromatic carbocycles. The van der Waals surface area contributed by atoms with Crippen molar-refractivity contribution in [1.29, 1.82) is 0 Å². The third kappa shape index (κ3) is 2.59. The number of hydrogen-bond donors (Lipinski definition) is 0. The molecule has 1 fully saturated rings. The smallest absolute Gasteiger partial charge is 0.188 e. The molecule has 0 N–H and O–H groups in total. The van der Waals surface area contributed by atoms with Crippen molar-refractivity contribution in [1.82, 2.24) is 0 Å². The average Bonchev–Trinajstić information content (AvgIpc) is 3.22. The summed E-state index contributed by atoms with van der Waals surface area (Å²) in [6.45, 7) is 4.28. The predicted molar refractivity (Wildman–Crippen MR) is 98.5 cm³/mol. The van der Waals surface area contributed by atoms with Gasteiger partial charge >= 0.3 is 0 Å². The molecule has 0 aliphatic heterocycles. The van der Waals surface area contributed by atoms with Crippen LogP contribution >= 0.6 is 0 Å². The van der Waals surface area contributed by atoms with E-state index < -0.39 is 14.6 Å². The molecule has 128 valence electrons. The Balaban J connectivity index is 2.05. The van der Waals surface area contributed by atoms with Crippen LogP contribution in [0.4, 0.5) is 0 Å². The molecule has 2 aromatic rings. The molecule has 0 aromatic heterocycles. The highest BCUT2D eigenvalue weighted by molar-refractivity contribution is 7.92. The van der Waals surface area contributed by atoms with Gasteiger partial charge in [-0.3, -0.25) is 0 Å². The van der Waals surface area contributed by atoms with Crippen molar-refractivity contribution in [3.05, 3.63) is 66.2 Å². The van der Waals surface area contributed by atoms with E-state index in [1.807, 2.05) is 48.5 Å². The topological polar surface area (TPSA) is 34.1 Å². The Morgan fingerprint density at radius 2 is 1.50 bits per heavy atom. The molecule has 1 aliphatic carbocycles. The van der Waals surface area contributed by atoms with Gasteiger partial charge in [-0.05, 0) is 36.0 Å². The molecular weight excluding hydrogens is 316 g/mol. The van der Waals surface area contributed by atoms with Crippen LogP contribution in [-0.2, 0) is 14.6 Å². The Morgan fingerprint density at radius 3 is 2.08 bits per heavy atom. The summed E-state index contributed by atoms with van der Waals surface area (Å²) in [6.07, 6.45) is 4.41. The molecule has 2 nitrogen and oxygen atoms in total. The van der Waals surface area contributed by atoms with Crippen LogP contribution in [0, 0.1) is 11.8 Å². The van der Waals surface area contributed by atoms with Crippen molar-refractivity contribution in [2.45, 2.75) is 49.2 Å². The standard InChI is InChI=1S/C21H26O2S/c1-3-4-7-16-20-17(2)21(20,18-12-8-5-9-13-18)24(22,23)19-14-10-6-11-15-19/h5-6,8-15,17,20H,3-4,7,16H2,1-2H3/t17-,20?,21-/m0/s1. The lowest BCUT2D eigenvalue weighted by Gasteiger charge is -2.20. The van der Waals surface area contributed by atoms with Gasteiger partial charge < -0.3 is 0 Å². The summed E-state index contributed by atoms with van der Waals surface area (Å²) in [6, 6.07) is 18.8. The van der Waals surface area contributed by atoms with Crippen molar-refractivity contribution in [2.75, 3.05) is 0 Å². The largest absolute Gasteiger partial charge is 0.223 e. The van der Waals surface area contributed by atoms with Gasteiger partial charge in [0.05, 0.1) is 4.90 Å². The first-order valence-corrected chi connectivity index (χ1v) is 10.4. The van der Waals surface area contributed by atoms with E-state index in [1.165, 1.54) is 6.42 Å². The van der Waals surface area contributed by atoms with Gasteiger partial charge in [-0.1, -0.05) is 81.6 Å². The maximum absolute atomic E-state index is 13.6. The minimum absolute atomic E-state index is 0.155. The summed E-state index contributed by atoms with van der Waals surface area (Å²) in [7, 11) is -3.42. The molecule has 3 atom stereocenters. The molecule has 0 radical (unpaired) electrons. The Hall–Kier alpha value is -1.61. The van der Waals surface area contributed by atoms with Gasteiger partial charge in [0.25, 0.3) is 0 Å². The van der Waals surface area contributed by atoms with Crippen LogP contribution in [0.15, 0.2) is 65.6 Å². The SMILES string of the molecule is CCCCCC1[C@H](C)[C@@]1(c1ccccc1)S(=O)(=O)c1ccccc1. The van der Waals surface area contributed by atoms with E-state index >= 15 is 0 Å². The fourth-order valence-electron chi connectivity index (χ4n) is 4.26. The minimum atomic E-state index is -3.42. The molecule has 0 heterocycles. The second-order valence-electron chi connectivity index (χ2n) is 6.87. The van der Waals surface area contributed by atoms with Gasteiger partial charge in [0.1, 0.15) is 4.75 Å². The third-order valence-corrected chi connectivity index (χ3v) is 8.26. The molecule has 1 saturated carbocycles. The second kappa shape index (κ2) is 6.72. The Bertz CT molecular complexity index is 768. The Morgan fingerprint density at radius 1 is 0.917 bits per heavy atom. The minimum Gasteiger partial charge on any atom is -0.223 e. The molecule has 0 saturated heterocycles. The molecule has 1 aliphatic rings. The maximum atomic E-state index is 13.6. The van der Waals surface area contributed by atoms with E-state index in [9.17, 15) is 8.42 Å². The fourth-order valence-corrected chi connectivity index (χ4v) is 6.92. The van der Waals surface area contributed by atoms with Crippen molar-refractivity contribution in [3.8, 4) is 0 Å². The van der Waals surface area contributed by atoms with Crippen molar-refractivity contribution in [2.24, 2.45) is 11.8 Å². The van der Waals surface area contributed by atoms with Crippen LogP contribution in [0.5, 0.6) is 0 Å². The average molecular weight is 343 g/mol. The van der Waals surface area contributed by atoms with Crippen molar-refractivity contribution in [3.63, 3.8) is 0 Å². The zero-order chi connectivity index (χ0) is 17.2. The first-order valence-electron chi connectivity index (χ1n) is 8.92. The fraction of sp³-hybridized carbons (Fsp3) is 0.429. The zero-order valence-corrected chi connectivity index (χ0v) is 15.3. The third-order valence-electron chi connectivity index (χ3n) is 5.56. The van der Waals surface area contributed by atoms with Crippen LogP contribution in [0.2, 0.25) is 0 Å². The normalized spacial score (nSPS) is 26.2. The molecule has 0 amide bonds. The lowest BCUT2D eigenvalue weighted by Crippen LogP contribution is -2.25. The molecule has 0 bridgehead atoms. The highest BCUT2D eigenvalue weighted by Gasteiger charge is 2.70. The van der Waals surface area contributed by atoms with Gasteiger partial charge in [0.2, 0.25) is 0 Å². The number of benzene rings is 2. The zero-order valence-electron chi connectivity index (χ0n) is 14.5. The number of hydrogen-bond acceptors (Lipinski definition) is 2. The monoisotopic (exact) mass is 342 g/mol. The van der Waals surface area contributed by atoms with Crippen LogP contribution in [0.1, 0.15) is 45.1 Å².